The molecule has 1 aromatic carbocycles. The van der Waals surface area contributed by atoms with Crippen LogP contribution in [0.15, 0.2) is 24.3 Å². The Morgan fingerprint density at radius 3 is 2.33 bits per heavy atom. The molecule has 21 heavy (non-hydrogen) atoms. The van der Waals surface area contributed by atoms with Crippen LogP contribution < -0.4 is 5.32 Å². The lowest BCUT2D eigenvalue weighted by Gasteiger charge is -2.30. The number of aryl methyl sites for hydroxylation is 1. The number of carboxylic acids is 1. The summed E-state index contributed by atoms with van der Waals surface area (Å²) in [6.07, 6.45) is 0. The molecule has 0 heterocycles. The second-order valence-corrected chi connectivity index (χ2v) is 6.37. The Hall–Kier alpha value is -2.04. The molecule has 1 rings (SSSR count). The van der Waals surface area contributed by atoms with E-state index in [4.69, 9.17) is 0 Å². The largest absolute Gasteiger partial charge is 0.480 e. The van der Waals surface area contributed by atoms with Crippen LogP contribution in [0.2, 0.25) is 0 Å². The summed E-state index contributed by atoms with van der Waals surface area (Å²) >= 11 is 0. The monoisotopic (exact) mass is 292 g/mol. The summed E-state index contributed by atoms with van der Waals surface area (Å²) in [4.78, 5) is 24.9. The van der Waals surface area contributed by atoms with E-state index < -0.39 is 17.4 Å². The third-order valence-corrected chi connectivity index (χ3v) is 3.40. The van der Waals surface area contributed by atoms with Crippen LogP contribution in [0.1, 0.15) is 31.9 Å². The van der Waals surface area contributed by atoms with Crippen LogP contribution in [0.5, 0.6) is 0 Å². The number of benzene rings is 1. The van der Waals surface area contributed by atoms with Crippen LogP contribution in [-0.2, 0) is 11.3 Å². The molecule has 0 saturated heterocycles. The number of hydrogen-bond donors (Lipinski definition) is 2. The number of hydrogen-bond acceptors (Lipinski definition) is 2. The summed E-state index contributed by atoms with van der Waals surface area (Å²) < 4.78 is 0. The molecule has 0 aliphatic carbocycles. The average Bonchev–Trinajstić information content (AvgIpc) is 2.36. The maximum absolute atomic E-state index is 12.2. The second kappa shape index (κ2) is 6.61. The molecule has 0 bridgehead atoms. The van der Waals surface area contributed by atoms with Crippen LogP contribution in [0.3, 0.4) is 0 Å². The lowest BCUT2D eigenvalue weighted by Crippen LogP contribution is -2.52. The number of nitrogens with zero attached hydrogens (tertiary/aromatic N) is 1. The van der Waals surface area contributed by atoms with Crippen molar-refractivity contribution in [3.05, 3.63) is 35.4 Å². The molecule has 0 saturated carbocycles. The lowest BCUT2D eigenvalue weighted by molar-refractivity contribution is -0.142. The Bertz CT molecular complexity index is 520. The van der Waals surface area contributed by atoms with Gasteiger partial charge in [-0.15, -0.1) is 0 Å². The van der Waals surface area contributed by atoms with Crippen LogP contribution in [-0.4, -0.2) is 35.1 Å². The third kappa shape index (κ3) is 4.77. The highest BCUT2D eigenvalue weighted by Gasteiger charge is 2.33. The van der Waals surface area contributed by atoms with Crippen molar-refractivity contribution in [2.24, 2.45) is 5.41 Å². The fourth-order valence-electron chi connectivity index (χ4n) is 2.00. The summed E-state index contributed by atoms with van der Waals surface area (Å²) in [6, 6.07) is 6.49. The zero-order valence-corrected chi connectivity index (χ0v) is 13.3. The first-order valence-electron chi connectivity index (χ1n) is 6.92. The molecule has 2 N–H and O–H groups in total. The summed E-state index contributed by atoms with van der Waals surface area (Å²) in [7, 11) is 1.66. The van der Waals surface area contributed by atoms with Gasteiger partial charge >= 0.3 is 12.0 Å². The highest BCUT2D eigenvalue weighted by atomic mass is 16.4. The molecule has 2 amide bonds. The molecule has 0 spiro atoms. The number of amides is 2. The maximum Gasteiger partial charge on any atom is 0.326 e. The molecule has 0 unspecified atom stereocenters. The first-order valence-corrected chi connectivity index (χ1v) is 6.92. The van der Waals surface area contributed by atoms with E-state index in [9.17, 15) is 14.7 Å². The van der Waals surface area contributed by atoms with E-state index >= 15 is 0 Å². The van der Waals surface area contributed by atoms with Gasteiger partial charge in [-0.3, -0.25) is 0 Å². The number of carbonyl (C=O) groups excluding carboxylic acids is 1. The molecule has 0 aromatic heterocycles. The molecule has 1 aromatic rings. The molecule has 0 aliphatic heterocycles. The van der Waals surface area contributed by atoms with Gasteiger partial charge in [0.1, 0.15) is 6.04 Å². The number of urea groups is 1. The van der Waals surface area contributed by atoms with Crippen molar-refractivity contribution in [2.45, 2.75) is 40.3 Å². The quantitative estimate of drug-likeness (QED) is 0.896. The van der Waals surface area contributed by atoms with Crippen LogP contribution in [0, 0.1) is 12.3 Å². The minimum Gasteiger partial charge on any atom is -0.480 e. The molecule has 5 heteroatoms. The maximum atomic E-state index is 12.2. The van der Waals surface area contributed by atoms with Crippen molar-refractivity contribution < 1.29 is 14.7 Å². The predicted molar refractivity (Wildman–Crippen MR) is 82.1 cm³/mol. The first kappa shape index (κ1) is 17.0. The fourth-order valence-corrected chi connectivity index (χ4v) is 2.00. The number of carboxylic acid groups (broad SMARTS) is 1. The number of aliphatic carboxylic acids is 1. The number of carbonyl (C=O) groups is 2. The van der Waals surface area contributed by atoms with Gasteiger partial charge in [0, 0.05) is 13.6 Å². The zero-order chi connectivity index (χ0) is 16.2. The lowest BCUT2D eigenvalue weighted by atomic mass is 9.87. The van der Waals surface area contributed by atoms with Gasteiger partial charge in [0.15, 0.2) is 0 Å². The van der Waals surface area contributed by atoms with E-state index in [-0.39, 0.29) is 6.03 Å². The van der Waals surface area contributed by atoms with Gasteiger partial charge in [0.2, 0.25) is 0 Å². The summed E-state index contributed by atoms with van der Waals surface area (Å²) in [5.74, 6) is -1.03. The standard InChI is InChI=1S/C16H24N2O3/c1-11-8-6-7-9-12(11)10-18(5)15(21)17-13(14(19)20)16(2,3)4/h6-9,13H,10H2,1-5H3,(H,17,21)(H,19,20)/t13-/m1/s1. The smallest absolute Gasteiger partial charge is 0.326 e. The van der Waals surface area contributed by atoms with E-state index in [1.807, 2.05) is 31.2 Å². The van der Waals surface area contributed by atoms with Crippen molar-refractivity contribution in [3.63, 3.8) is 0 Å². The Morgan fingerprint density at radius 2 is 1.86 bits per heavy atom. The molecule has 1 atom stereocenters. The van der Waals surface area contributed by atoms with Crippen molar-refractivity contribution in [2.75, 3.05) is 7.05 Å². The van der Waals surface area contributed by atoms with Gasteiger partial charge in [-0.05, 0) is 23.5 Å². The van der Waals surface area contributed by atoms with Gasteiger partial charge in [0.25, 0.3) is 0 Å². The first-order chi connectivity index (χ1) is 9.62. The summed E-state index contributed by atoms with van der Waals surface area (Å²) in [6.45, 7) is 7.78. The molecule has 0 fully saturated rings. The molecule has 0 radical (unpaired) electrons. The predicted octanol–water partition coefficient (Wildman–Crippen LogP) is 2.64. The zero-order valence-electron chi connectivity index (χ0n) is 13.3. The molecule has 0 aliphatic rings. The van der Waals surface area contributed by atoms with Gasteiger partial charge in [-0.25, -0.2) is 9.59 Å². The van der Waals surface area contributed by atoms with Crippen LogP contribution in [0.4, 0.5) is 4.79 Å². The van der Waals surface area contributed by atoms with Crippen molar-refractivity contribution in [1.82, 2.24) is 10.2 Å². The minimum atomic E-state index is -1.03. The van der Waals surface area contributed by atoms with Gasteiger partial charge in [-0.2, -0.15) is 0 Å². The van der Waals surface area contributed by atoms with Crippen LogP contribution >= 0.6 is 0 Å². The molecular weight excluding hydrogens is 268 g/mol. The summed E-state index contributed by atoms with van der Waals surface area (Å²) in [5, 5.41) is 11.8. The number of rotatable bonds is 4. The second-order valence-electron chi connectivity index (χ2n) is 6.37. The van der Waals surface area contributed by atoms with Crippen LogP contribution in [0.25, 0.3) is 0 Å². The van der Waals surface area contributed by atoms with E-state index in [1.54, 1.807) is 27.8 Å². The summed E-state index contributed by atoms with van der Waals surface area (Å²) in [5.41, 5.74) is 1.59. The fraction of sp³-hybridized carbons (Fsp3) is 0.500. The SMILES string of the molecule is Cc1ccccc1CN(C)C(=O)N[C@H](C(=O)O)C(C)(C)C. The average molecular weight is 292 g/mol. The Morgan fingerprint density at radius 1 is 1.29 bits per heavy atom. The highest BCUT2D eigenvalue weighted by molar-refractivity contribution is 5.83. The number of nitrogens with one attached hydrogen (secondary N) is 1. The van der Waals surface area contributed by atoms with E-state index in [2.05, 4.69) is 5.32 Å². The van der Waals surface area contributed by atoms with Crippen molar-refractivity contribution in [1.29, 1.82) is 0 Å². The van der Waals surface area contributed by atoms with Crippen molar-refractivity contribution in [3.8, 4) is 0 Å². The Balaban J connectivity index is 2.75. The van der Waals surface area contributed by atoms with E-state index in [0.29, 0.717) is 6.54 Å². The van der Waals surface area contributed by atoms with Gasteiger partial charge in [-0.1, -0.05) is 45.0 Å². The van der Waals surface area contributed by atoms with E-state index in [1.165, 1.54) is 4.90 Å². The Kier molecular flexibility index (Phi) is 5.35. The van der Waals surface area contributed by atoms with Gasteiger partial charge in [0.05, 0.1) is 0 Å². The highest BCUT2D eigenvalue weighted by Crippen LogP contribution is 2.20. The molecule has 5 nitrogen and oxygen atoms in total. The normalized spacial score (nSPS) is 12.6. The molecular formula is C16H24N2O3. The topological polar surface area (TPSA) is 69.6 Å². The third-order valence-electron chi connectivity index (χ3n) is 3.40. The minimum absolute atomic E-state index is 0.388. The van der Waals surface area contributed by atoms with Gasteiger partial charge < -0.3 is 15.3 Å². The Labute approximate surface area is 126 Å². The van der Waals surface area contributed by atoms with E-state index in [0.717, 1.165) is 11.1 Å². The molecule has 116 valence electrons. The van der Waals surface area contributed by atoms with Crippen molar-refractivity contribution >= 4 is 12.0 Å².